The number of amides is 1. The van der Waals surface area contributed by atoms with E-state index in [1.54, 1.807) is 0 Å². The van der Waals surface area contributed by atoms with Crippen LogP contribution in [0.15, 0.2) is 71.8 Å². The average Bonchev–Trinajstić information content (AvgIpc) is 3.46. The number of hydrogen-bond donors (Lipinski definition) is 2. The van der Waals surface area contributed by atoms with Gasteiger partial charge in [0, 0.05) is 18.5 Å². The number of nitrogens with zero attached hydrogens (tertiary/aromatic N) is 2. The summed E-state index contributed by atoms with van der Waals surface area (Å²) < 4.78 is 46.5. The molecule has 0 bridgehead atoms. The van der Waals surface area contributed by atoms with Crippen LogP contribution in [0.25, 0.3) is 10.8 Å². The summed E-state index contributed by atoms with van der Waals surface area (Å²) in [6.45, 7) is 1.25. The van der Waals surface area contributed by atoms with Gasteiger partial charge in [0.2, 0.25) is 18.0 Å². The van der Waals surface area contributed by atoms with E-state index in [9.17, 15) is 18.0 Å². The second kappa shape index (κ2) is 8.17. The number of alkyl halides is 3. The van der Waals surface area contributed by atoms with E-state index in [1.165, 1.54) is 25.1 Å². The molecule has 9 heteroatoms. The van der Waals surface area contributed by atoms with Crippen molar-refractivity contribution in [1.82, 2.24) is 15.9 Å². The van der Waals surface area contributed by atoms with Gasteiger partial charge >= 0.3 is 6.18 Å². The molecule has 0 saturated carbocycles. The Morgan fingerprint density at radius 1 is 1.00 bits per heavy atom. The standard InChI is InChI=1S/C24H21F3N4O2/c1-14(32)31-23(18-8-4-5-9-19(18)24(25,26)27)33-22(30-31)21-13-20(28-29-21)17-11-10-15-6-2-3-7-16(15)12-17/h2-12,20-21,23,28-29H,13H2,1H3. The predicted octanol–water partition coefficient (Wildman–Crippen LogP) is 4.66. The lowest BCUT2D eigenvalue weighted by Gasteiger charge is -2.23. The largest absolute Gasteiger partial charge is 0.448 e. The number of hydrazine groups is 1. The molecule has 3 aromatic rings. The van der Waals surface area contributed by atoms with Crippen molar-refractivity contribution in [2.75, 3.05) is 0 Å². The molecule has 0 radical (unpaired) electrons. The molecule has 1 saturated heterocycles. The monoisotopic (exact) mass is 454 g/mol. The van der Waals surface area contributed by atoms with Crippen molar-refractivity contribution in [3.8, 4) is 0 Å². The van der Waals surface area contributed by atoms with E-state index in [0.29, 0.717) is 6.42 Å². The smallest absolute Gasteiger partial charge is 0.416 e. The normalized spacial score (nSPS) is 23.0. The summed E-state index contributed by atoms with van der Waals surface area (Å²) >= 11 is 0. The number of fused-ring (bicyclic) bond motifs is 1. The summed E-state index contributed by atoms with van der Waals surface area (Å²) in [6.07, 6.45) is -5.31. The number of carbonyl (C=O) groups is 1. The SMILES string of the molecule is CC(=O)N1N=C(C2CC(c3ccc4ccccc4c3)NN2)OC1c1ccccc1C(F)(F)F. The number of hydrazone groups is 1. The van der Waals surface area contributed by atoms with Gasteiger partial charge in [0.05, 0.1) is 5.56 Å². The van der Waals surface area contributed by atoms with Crippen LogP contribution in [0.2, 0.25) is 0 Å². The van der Waals surface area contributed by atoms with Gasteiger partial charge in [0.1, 0.15) is 6.04 Å². The first kappa shape index (κ1) is 21.4. The third-order valence-electron chi connectivity index (χ3n) is 5.89. The lowest BCUT2D eigenvalue weighted by Crippen LogP contribution is -2.36. The fourth-order valence-corrected chi connectivity index (χ4v) is 4.26. The minimum Gasteiger partial charge on any atom is -0.448 e. The highest BCUT2D eigenvalue weighted by molar-refractivity contribution is 5.87. The molecular weight excluding hydrogens is 433 g/mol. The predicted molar refractivity (Wildman–Crippen MR) is 117 cm³/mol. The van der Waals surface area contributed by atoms with E-state index < -0.39 is 29.9 Å². The highest BCUT2D eigenvalue weighted by atomic mass is 19.4. The first-order chi connectivity index (χ1) is 15.8. The van der Waals surface area contributed by atoms with Gasteiger partial charge in [-0.05, 0) is 34.9 Å². The molecule has 5 rings (SSSR count). The van der Waals surface area contributed by atoms with Crippen LogP contribution < -0.4 is 10.9 Å². The van der Waals surface area contributed by atoms with E-state index in [0.717, 1.165) is 27.4 Å². The highest BCUT2D eigenvalue weighted by Crippen LogP contribution is 2.39. The topological polar surface area (TPSA) is 66.0 Å². The van der Waals surface area contributed by atoms with Crippen LogP contribution in [0, 0.1) is 0 Å². The number of rotatable bonds is 3. The molecule has 2 aliphatic rings. The lowest BCUT2D eigenvalue weighted by atomic mass is 9.99. The Bertz CT molecular complexity index is 1240. The quantitative estimate of drug-likeness (QED) is 0.604. The Morgan fingerprint density at radius 2 is 1.70 bits per heavy atom. The second-order valence-corrected chi connectivity index (χ2v) is 8.09. The Kier molecular flexibility index (Phi) is 5.30. The molecule has 3 unspecified atom stereocenters. The molecule has 2 N–H and O–H groups in total. The molecule has 6 nitrogen and oxygen atoms in total. The van der Waals surface area contributed by atoms with E-state index in [4.69, 9.17) is 4.74 Å². The van der Waals surface area contributed by atoms with Crippen LogP contribution in [0.5, 0.6) is 0 Å². The maximum Gasteiger partial charge on any atom is 0.416 e. The molecule has 33 heavy (non-hydrogen) atoms. The molecule has 3 aromatic carbocycles. The summed E-state index contributed by atoms with van der Waals surface area (Å²) in [5.41, 5.74) is 6.36. The lowest BCUT2D eigenvalue weighted by molar-refractivity contribution is -0.143. The first-order valence-corrected chi connectivity index (χ1v) is 10.5. The average molecular weight is 454 g/mol. The molecule has 1 fully saturated rings. The summed E-state index contributed by atoms with van der Waals surface area (Å²) in [6, 6.07) is 18.8. The first-order valence-electron chi connectivity index (χ1n) is 10.5. The molecule has 2 heterocycles. The highest BCUT2D eigenvalue weighted by Gasteiger charge is 2.43. The third kappa shape index (κ3) is 4.05. The molecule has 2 aliphatic heterocycles. The van der Waals surface area contributed by atoms with Gasteiger partial charge < -0.3 is 4.74 Å². The minimum absolute atomic E-state index is 0.0572. The van der Waals surface area contributed by atoms with Gasteiger partial charge in [-0.15, -0.1) is 5.10 Å². The van der Waals surface area contributed by atoms with Gasteiger partial charge in [0.25, 0.3) is 0 Å². The van der Waals surface area contributed by atoms with Crippen molar-refractivity contribution < 1.29 is 22.7 Å². The summed E-state index contributed by atoms with van der Waals surface area (Å²) in [4.78, 5) is 12.2. The van der Waals surface area contributed by atoms with E-state index in [1.807, 2.05) is 36.4 Å². The Hall–Kier alpha value is -3.43. The van der Waals surface area contributed by atoms with E-state index in [-0.39, 0.29) is 17.5 Å². The zero-order valence-electron chi connectivity index (χ0n) is 17.6. The molecular formula is C24H21F3N4O2. The summed E-state index contributed by atoms with van der Waals surface area (Å²) in [7, 11) is 0. The minimum atomic E-state index is -4.58. The summed E-state index contributed by atoms with van der Waals surface area (Å²) in [5, 5.41) is 7.45. The van der Waals surface area contributed by atoms with E-state index >= 15 is 0 Å². The van der Waals surface area contributed by atoms with Crippen LogP contribution >= 0.6 is 0 Å². The molecule has 3 atom stereocenters. The Morgan fingerprint density at radius 3 is 2.45 bits per heavy atom. The van der Waals surface area contributed by atoms with Crippen LogP contribution in [0.4, 0.5) is 13.2 Å². The number of benzene rings is 3. The van der Waals surface area contributed by atoms with Crippen LogP contribution in [-0.2, 0) is 15.7 Å². The number of carbonyl (C=O) groups excluding carboxylic acids is 1. The number of nitrogens with one attached hydrogen (secondary N) is 2. The maximum absolute atomic E-state index is 13.6. The van der Waals surface area contributed by atoms with E-state index in [2.05, 4.69) is 22.0 Å². The van der Waals surface area contributed by atoms with Crippen LogP contribution in [0.3, 0.4) is 0 Å². The zero-order chi connectivity index (χ0) is 23.2. The van der Waals surface area contributed by atoms with Crippen LogP contribution in [-0.4, -0.2) is 22.9 Å². The van der Waals surface area contributed by atoms with Gasteiger partial charge in [-0.25, -0.2) is 10.9 Å². The fourth-order valence-electron chi connectivity index (χ4n) is 4.26. The van der Waals surface area contributed by atoms with Crippen molar-refractivity contribution >= 4 is 22.6 Å². The number of hydrogen-bond acceptors (Lipinski definition) is 5. The van der Waals surface area contributed by atoms with Gasteiger partial charge in [-0.3, -0.25) is 4.79 Å². The second-order valence-electron chi connectivity index (χ2n) is 8.09. The third-order valence-corrected chi connectivity index (χ3v) is 5.89. The molecule has 0 aliphatic carbocycles. The maximum atomic E-state index is 13.6. The van der Waals surface area contributed by atoms with Crippen molar-refractivity contribution in [2.45, 2.75) is 37.8 Å². The molecule has 170 valence electrons. The number of halogens is 3. The van der Waals surface area contributed by atoms with Crippen molar-refractivity contribution in [3.63, 3.8) is 0 Å². The van der Waals surface area contributed by atoms with Gasteiger partial charge in [-0.1, -0.05) is 54.6 Å². The fraction of sp³-hybridized carbons (Fsp3) is 0.250. The van der Waals surface area contributed by atoms with Gasteiger partial charge in [-0.2, -0.15) is 18.2 Å². The van der Waals surface area contributed by atoms with Crippen molar-refractivity contribution in [3.05, 3.63) is 83.4 Å². The van der Waals surface area contributed by atoms with Crippen molar-refractivity contribution in [2.24, 2.45) is 5.10 Å². The zero-order valence-corrected chi connectivity index (χ0v) is 17.6. The Balaban J connectivity index is 1.38. The molecule has 0 spiro atoms. The summed E-state index contributed by atoms with van der Waals surface area (Å²) in [5.74, 6) is -0.341. The number of ether oxygens (including phenoxy) is 1. The molecule has 0 aromatic heterocycles. The van der Waals surface area contributed by atoms with Gasteiger partial charge in [0.15, 0.2) is 0 Å². The Labute approximate surface area is 188 Å². The van der Waals surface area contributed by atoms with Crippen LogP contribution in [0.1, 0.15) is 42.3 Å². The molecule has 1 amide bonds. The van der Waals surface area contributed by atoms with Crippen molar-refractivity contribution in [1.29, 1.82) is 0 Å².